The molecule has 0 saturated carbocycles. The van der Waals surface area contributed by atoms with Crippen LogP contribution in [0.2, 0.25) is 0 Å². The van der Waals surface area contributed by atoms with Crippen molar-refractivity contribution >= 4 is 5.91 Å². The molecular weight excluding hydrogens is 312 g/mol. The van der Waals surface area contributed by atoms with E-state index in [1.807, 2.05) is 61.5 Å². The van der Waals surface area contributed by atoms with E-state index in [1.165, 1.54) is 17.7 Å². The number of amides is 1. The molecule has 0 fully saturated rings. The second-order valence-corrected chi connectivity index (χ2v) is 6.03. The topological polar surface area (TPSA) is 51.1 Å². The number of aromatic nitrogens is 1. The van der Waals surface area contributed by atoms with Crippen LogP contribution in [0.15, 0.2) is 83.9 Å². The van der Waals surface area contributed by atoms with Gasteiger partial charge in [0.15, 0.2) is 5.43 Å². The molecular formula is C21H20N2O2. The lowest BCUT2D eigenvalue weighted by atomic mass is 9.98. The number of nitrogens with one attached hydrogen (secondary N) is 1. The van der Waals surface area contributed by atoms with Gasteiger partial charge >= 0.3 is 0 Å². The number of aryl methyl sites for hydroxylation is 1. The zero-order chi connectivity index (χ0) is 17.6. The van der Waals surface area contributed by atoms with E-state index in [4.69, 9.17) is 0 Å². The Morgan fingerprint density at radius 3 is 2.16 bits per heavy atom. The number of carbonyl (C=O) groups excluding carboxylic acids is 1. The van der Waals surface area contributed by atoms with Gasteiger partial charge in [0.2, 0.25) is 5.91 Å². The molecule has 3 aromatic rings. The van der Waals surface area contributed by atoms with Crippen LogP contribution in [-0.4, -0.2) is 10.5 Å². The Balaban J connectivity index is 1.82. The minimum Gasteiger partial charge on any atom is -0.345 e. The Morgan fingerprint density at radius 1 is 0.920 bits per heavy atom. The first-order chi connectivity index (χ1) is 12.1. The molecule has 3 rings (SSSR count). The highest BCUT2D eigenvalue weighted by Crippen LogP contribution is 2.22. The van der Waals surface area contributed by atoms with Gasteiger partial charge in [0.1, 0.15) is 6.54 Å². The van der Waals surface area contributed by atoms with E-state index < -0.39 is 0 Å². The summed E-state index contributed by atoms with van der Waals surface area (Å²) in [5.41, 5.74) is 3.17. The van der Waals surface area contributed by atoms with Crippen molar-refractivity contribution in [3.8, 4) is 0 Å². The number of carbonyl (C=O) groups is 1. The molecule has 0 aliphatic heterocycles. The van der Waals surface area contributed by atoms with Crippen molar-refractivity contribution in [3.05, 3.63) is 106 Å². The summed E-state index contributed by atoms with van der Waals surface area (Å²) >= 11 is 0. The van der Waals surface area contributed by atoms with Gasteiger partial charge in [-0.25, -0.2) is 0 Å². The van der Waals surface area contributed by atoms with E-state index in [0.717, 1.165) is 11.1 Å². The fraction of sp³-hybridized carbons (Fsp3) is 0.143. The van der Waals surface area contributed by atoms with Gasteiger partial charge in [0.05, 0.1) is 6.04 Å². The first kappa shape index (κ1) is 16.7. The third kappa shape index (κ3) is 4.44. The summed E-state index contributed by atoms with van der Waals surface area (Å²) < 4.78 is 1.69. The quantitative estimate of drug-likeness (QED) is 0.781. The summed E-state index contributed by atoms with van der Waals surface area (Å²) in [6.45, 7) is 2.20. The molecule has 0 aliphatic carbocycles. The number of rotatable bonds is 5. The SMILES string of the molecule is Cc1ccc([C@@H](NC(=O)Cn2ccc(=O)cc2)c2ccccc2)cc1. The molecule has 4 nitrogen and oxygen atoms in total. The van der Waals surface area contributed by atoms with Gasteiger partial charge in [-0.1, -0.05) is 60.2 Å². The predicted molar refractivity (Wildman–Crippen MR) is 98.3 cm³/mol. The minimum atomic E-state index is -0.214. The van der Waals surface area contributed by atoms with Crippen LogP contribution in [0.25, 0.3) is 0 Å². The maximum atomic E-state index is 12.5. The van der Waals surface area contributed by atoms with Crippen molar-refractivity contribution in [1.29, 1.82) is 0 Å². The number of hydrogen-bond donors (Lipinski definition) is 1. The zero-order valence-corrected chi connectivity index (χ0v) is 14.1. The maximum Gasteiger partial charge on any atom is 0.240 e. The fourth-order valence-electron chi connectivity index (χ4n) is 2.69. The molecule has 1 N–H and O–H groups in total. The highest BCUT2D eigenvalue weighted by molar-refractivity contribution is 5.76. The van der Waals surface area contributed by atoms with Crippen molar-refractivity contribution in [2.24, 2.45) is 0 Å². The number of nitrogens with zero attached hydrogens (tertiary/aromatic N) is 1. The Labute approximate surface area is 146 Å². The summed E-state index contributed by atoms with van der Waals surface area (Å²) in [4.78, 5) is 23.7. The predicted octanol–water partition coefficient (Wildman–Crippen LogP) is 3.06. The van der Waals surface area contributed by atoms with Crippen molar-refractivity contribution in [2.75, 3.05) is 0 Å². The van der Waals surface area contributed by atoms with Crippen molar-refractivity contribution in [1.82, 2.24) is 9.88 Å². The molecule has 25 heavy (non-hydrogen) atoms. The summed E-state index contributed by atoms with van der Waals surface area (Å²) in [6.07, 6.45) is 3.23. The third-order valence-corrected chi connectivity index (χ3v) is 4.04. The first-order valence-electron chi connectivity index (χ1n) is 8.19. The minimum absolute atomic E-state index is 0.0709. The van der Waals surface area contributed by atoms with E-state index in [-0.39, 0.29) is 23.9 Å². The number of pyridine rings is 1. The Bertz CT molecular complexity index is 879. The Kier molecular flexibility index (Phi) is 5.09. The third-order valence-electron chi connectivity index (χ3n) is 4.04. The smallest absolute Gasteiger partial charge is 0.240 e. The van der Waals surface area contributed by atoms with Crippen molar-refractivity contribution in [3.63, 3.8) is 0 Å². The van der Waals surface area contributed by atoms with E-state index in [9.17, 15) is 9.59 Å². The molecule has 4 heteroatoms. The van der Waals surface area contributed by atoms with Crippen molar-refractivity contribution in [2.45, 2.75) is 19.5 Å². The average molecular weight is 332 g/mol. The van der Waals surface area contributed by atoms with Crippen LogP contribution in [-0.2, 0) is 11.3 Å². The summed E-state index contributed by atoms with van der Waals surface area (Å²) in [5, 5.41) is 3.09. The van der Waals surface area contributed by atoms with E-state index in [2.05, 4.69) is 5.32 Å². The summed E-state index contributed by atoms with van der Waals surface area (Å²) in [7, 11) is 0. The second-order valence-electron chi connectivity index (χ2n) is 6.03. The summed E-state index contributed by atoms with van der Waals surface area (Å²) in [5.74, 6) is -0.113. The first-order valence-corrected chi connectivity index (χ1v) is 8.19. The van der Waals surface area contributed by atoms with Gasteiger partial charge in [0, 0.05) is 24.5 Å². The molecule has 0 aliphatic rings. The Hall–Kier alpha value is -3.14. The van der Waals surface area contributed by atoms with Crippen LogP contribution in [0, 0.1) is 6.92 Å². The highest BCUT2D eigenvalue weighted by atomic mass is 16.2. The molecule has 1 heterocycles. The lowest BCUT2D eigenvalue weighted by Crippen LogP contribution is -2.32. The van der Waals surface area contributed by atoms with Gasteiger partial charge in [-0.3, -0.25) is 9.59 Å². The summed E-state index contributed by atoms with van der Waals surface area (Å²) in [6, 6.07) is 20.7. The largest absolute Gasteiger partial charge is 0.345 e. The molecule has 0 radical (unpaired) electrons. The molecule has 2 aromatic carbocycles. The number of hydrogen-bond acceptors (Lipinski definition) is 2. The maximum absolute atomic E-state index is 12.5. The van der Waals surface area contributed by atoms with Crippen LogP contribution in [0.4, 0.5) is 0 Å². The van der Waals surface area contributed by atoms with Gasteiger partial charge in [-0.15, -0.1) is 0 Å². The average Bonchev–Trinajstić information content (AvgIpc) is 2.63. The second kappa shape index (κ2) is 7.62. The van der Waals surface area contributed by atoms with Crippen LogP contribution < -0.4 is 10.7 Å². The normalized spacial score (nSPS) is 11.7. The van der Waals surface area contributed by atoms with Gasteiger partial charge in [-0.05, 0) is 18.1 Å². The fourth-order valence-corrected chi connectivity index (χ4v) is 2.69. The van der Waals surface area contributed by atoms with Crippen LogP contribution in [0.3, 0.4) is 0 Å². The molecule has 1 aromatic heterocycles. The van der Waals surface area contributed by atoms with Gasteiger partial charge in [-0.2, -0.15) is 0 Å². The van der Waals surface area contributed by atoms with Crippen molar-refractivity contribution < 1.29 is 4.79 Å². The molecule has 1 amide bonds. The lowest BCUT2D eigenvalue weighted by molar-refractivity contribution is -0.122. The van der Waals surface area contributed by atoms with Gasteiger partial charge < -0.3 is 9.88 Å². The monoisotopic (exact) mass is 332 g/mol. The van der Waals surface area contributed by atoms with Crippen LogP contribution >= 0.6 is 0 Å². The standard InChI is InChI=1S/C21H20N2O2/c1-16-7-9-18(10-8-16)21(17-5-3-2-4-6-17)22-20(25)15-23-13-11-19(24)12-14-23/h2-14,21H,15H2,1H3,(H,22,25)/t21-/m0/s1. The number of benzene rings is 2. The molecule has 126 valence electrons. The van der Waals surface area contributed by atoms with Crippen LogP contribution in [0.1, 0.15) is 22.7 Å². The molecule has 0 unspecified atom stereocenters. The van der Waals surface area contributed by atoms with E-state index in [0.29, 0.717) is 0 Å². The molecule has 0 spiro atoms. The molecule has 0 bridgehead atoms. The van der Waals surface area contributed by atoms with Gasteiger partial charge in [0.25, 0.3) is 0 Å². The zero-order valence-electron chi connectivity index (χ0n) is 14.1. The lowest BCUT2D eigenvalue weighted by Gasteiger charge is -2.20. The molecule has 1 atom stereocenters. The van der Waals surface area contributed by atoms with E-state index >= 15 is 0 Å². The molecule has 0 saturated heterocycles. The Morgan fingerprint density at radius 2 is 1.52 bits per heavy atom. The van der Waals surface area contributed by atoms with Crippen LogP contribution in [0.5, 0.6) is 0 Å². The van der Waals surface area contributed by atoms with E-state index in [1.54, 1.807) is 17.0 Å². The highest BCUT2D eigenvalue weighted by Gasteiger charge is 2.16.